The number of anilines is 1. The Labute approximate surface area is 108 Å². The molecule has 0 spiro atoms. The Balaban J connectivity index is 2.46. The molecule has 1 heterocycles. The molecule has 0 aromatic heterocycles. The highest BCUT2D eigenvalue weighted by molar-refractivity contribution is 14.2. The fraction of sp³-hybridized carbons (Fsp3) is 0. The van der Waals surface area contributed by atoms with E-state index in [9.17, 15) is 0 Å². The Morgan fingerprint density at radius 3 is 2.81 bits per heavy atom. The molecule has 2 aromatic carbocycles. The molecule has 3 rings (SSSR count). The number of fused-ring (bicyclic) bond motifs is 2. The predicted octanol–water partition coefficient (Wildman–Crippen LogP) is 3.46. The maximum atomic E-state index is 5.82. The summed E-state index contributed by atoms with van der Waals surface area (Å²) in [6.07, 6.45) is 0. The minimum atomic E-state index is 0.0459. The Bertz CT molecular complexity index is 694. The molecule has 0 saturated heterocycles. The number of para-hydroxylation sites is 1. The van der Waals surface area contributed by atoms with Gasteiger partial charge in [-0.15, -0.1) is 0 Å². The summed E-state index contributed by atoms with van der Waals surface area (Å²) in [4.78, 5) is 5.88. The van der Waals surface area contributed by atoms with Gasteiger partial charge in [-0.2, -0.15) is 0 Å². The molecule has 1 unspecified atom stereocenters. The van der Waals surface area contributed by atoms with Crippen molar-refractivity contribution in [2.75, 3.05) is 5.73 Å². The molecule has 80 valence electrons. The average Bonchev–Trinajstić information content (AvgIpc) is 2.31. The van der Waals surface area contributed by atoms with Gasteiger partial charge >= 0.3 is 0 Å². The van der Waals surface area contributed by atoms with Gasteiger partial charge in [-0.05, 0) is 51.5 Å². The Morgan fingerprint density at radius 1 is 1.12 bits per heavy atom. The molecular weight excluding hydrogens is 331 g/mol. The highest BCUT2D eigenvalue weighted by Gasteiger charge is 2.10. The number of hydrogen-bond donors (Lipinski definition) is 1. The molecule has 0 saturated carbocycles. The van der Waals surface area contributed by atoms with Crippen molar-refractivity contribution >= 4 is 40.2 Å². The van der Waals surface area contributed by atoms with Crippen LogP contribution in [0.25, 0.3) is 0 Å². The van der Waals surface area contributed by atoms with E-state index in [0.29, 0.717) is 0 Å². The second-order valence-corrected chi connectivity index (χ2v) is 7.60. The molecule has 0 amide bonds. The first-order valence-corrected chi connectivity index (χ1v) is 8.63. The predicted molar refractivity (Wildman–Crippen MR) is 76.8 cm³/mol. The van der Waals surface area contributed by atoms with E-state index in [4.69, 9.17) is 5.73 Å². The fourth-order valence-corrected chi connectivity index (χ4v) is 5.16. The second-order valence-electron chi connectivity index (χ2n) is 3.56. The summed E-state index contributed by atoms with van der Waals surface area (Å²) in [5.74, 6) is 0. The van der Waals surface area contributed by atoms with Gasteiger partial charge in [0.1, 0.15) is 0 Å². The van der Waals surface area contributed by atoms with Gasteiger partial charge in [0, 0.05) is 15.1 Å². The number of nitrogen functional groups attached to an aromatic ring is 1. The van der Waals surface area contributed by atoms with Gasteiger partial charge in [0.15, 0.2) is 0 Å². The van der Waals surface area contributed by atoms with E-state index in [1.165, 1.54) is 9.41 Å². The summed E-state index contributed by atoms with van der Waals surface area (Å²) in [5.41, 5.74) is 7.68. The number of nitrogens with two attached hydrogens (primary N) is 1. The summed E-state index contributed by atoms with van der Waals surface area (Å²) in [6.45, 7) is 0. The first-order chi connectivity index (χ1) is 7.75. The van der Waals surface area contributed by atoms with Gasteiger partial charge < -0.3 is 5.73 Å². The normalized spacial score (nSPS) is 17.2. The van der Waals surface area contributed by atoms with E-state index in [2.05, 4.69) is 44.4 Å². The van der Waals surface area contributed by atoms with Crippen LogP contribution in [0.3, 0.4) is 0 Å². The van der Waals surface area contributed by atoms with E-state index in [1.54, 1.807) is 0 Å². The summed E-state index contributed by atoms with van der Waals surface area (Å²) in [6, 6.07) is 14.2. The van der Waals surface area contributed by atoms with E-state index >= 15 is 0 Å². The molecule has 1 aliphatic heterocycles. The smallest absolute Gasteiger partial charge is 0.0777 e. The van der Waals surface area contributed by atoms with Crippen LogP contribution in [0, 0.1) is 4.51 Å². The molecule has 1 aliphatic rings. The zero-order chi connectivity index (χ0) is 11.1. The molecule has 0 aliphatic carbocycles. The van der Waals surface area contributed by atoms with Gasteiger partial charge in [-0.25, -0.2) is 4.99 Å². The van der Waals surface area contributed by atoms with Gasteiger partial charge in [-0.1, -0.05) is 19.8 Å². The van der Waals surface area contributed by atoms with Crippen LogP contribution >= 0.6 is 28.9 Å². The molecule has 16 heavy (non-hydrogen) atoms. The van der Waals surface area contributed by atoms with Gasteiger partial charge in [-0.3, -0.25) is 0 Å². The molecule has 2 N–H and O–H groups in total. The van der Waals surface area contributed by atoms with Crippen molar-refractivity contribution < 1.29 is 0 Å². The molecule has 1 atom stereocenters. The van der Waals surface area contributed by atoms with Crippen molar-refractivity contribution in [1.29, 1.82) is 0 Å². The molecule has 4 heteroatoms. The quantitative estimate of drug-likeness (QED) is 0.445. The maximum absolute atomic E-state index is 5.82. The first kappa shape index (κ1) is 10.3. The van der Waals surface area contributed by atoms with Crippen molar-refractivity contribution in [1.82, 2.24) is 0 Å². The van der Waals surface area contributed by atoms with Crippen molar-refractivity contribution in [3.05, 3.63) is 52.3 Å². The summed E-state index contributed by atoms with van der Waals surface area (Å²) in [5, 5.41) is 1.08. The van der Waals surface area contributed by atoms with Crippen molar-refractivity contribution in [3.63, 3.8) is 0 Å². The first-order valence-electron chi connectivity index (χ1n) is 4.86. The van der Waals surface area contributed by atoms with Gasteiger partial charge in [0.2, 0.25) is 0 Å². The van der Waals surface area contributed by atoms with Crippen LogP contribution in [-0.2, 0) is 0 Å². The molecular formula is C12H9IN2S. The summed E-state index contributed by atoms with van der Waals surface area (Å²) < 4.78 is 1.29. The number of benzene rings is 2. The highest BCUT2D eigenvalue weighted by Crippen LogP contribution is 2.44. The lowest BCUT2D eigenvalue weighted by atomic mass is 10.3. The van der Waals surface area contributed by atoms with Crippen molar-refractivity contribution in [2.45, 2.75) is 4.90 Å². The fourth-order valence-electron chi connectivity index (χ4n) is 1.72. The Hall–Kier alpha value is -0.880. The monoisotopic (exact) mass is 340 g/mol. The number of hydrogen-bond acceptors (Lipinski definition) is 2. The third-order valence-corrected chi connectivity index (χ3v) is 6.77. The lowest BCUT2D eigenvalue weighted by Crippen LogP contribution is -2.04. The van der Waals surface area contributed by atoms with Crippen molar-refractivity contribution in [3.8, 4) is 0 Å². The standard InChI is InChI=1S/C12H9IN2S/c13-16-11-4-2-1-3-9(11)15-10-6-5-8(14)7-12(10)16/h1-7H,14H2. The van der Waals surface area contributed by atoms with E-state index in [1.807, 2.05) is 24.3 Å². The van der Waals surface area contributed by atoms with Crippen LogP contribution in [-0.4, -0.2) is 0 Å². The molecule has 0 bridgehead atoms. The van der Waals surface area contributed by atoms with E-state index in [0.717, 1.165) is 16.7 Å². The van der Waals surface area contributed by atoms with Crippen molar-refractivity contribution in [2.24, 2.45) is 4.99 Å². The average molecular weight is 340 g/mol. The number of rotatable bonds is 0. The van der Waals surface area contributed by atoms with Crippen LogP contribution in [0.1, 0.15) is 0 Å². The van der Waals surface area contributed by atoms with E-state index < -0.39 is 0 Å². The van der Waals surface area contributed by atoms with Crippen LogP contribution in [0.5, 0.6) is 0 Å². The minimum Gasteiger partial charge on any atom is -0.399 e. The third-order valence-electron chi connectivity index (χ3n) is 2.48. The zero-order valence-electron chi connectivity index (χ0n) is 8.35. The topological polar surface area (TPSA) is 38.4 Å². The molecule has 0 fully saturated rings. The maximum Gasteiger partial charge on any atom is 0.0777 e. The summed E-state index contributed by atoms with van der Waals surface area (Å²) in [7, 11) is 0.0459. The third kappa shape index (κ3) is 1.56. The van der Waals surface area contributed by atoms with Crippen LogP contribution in [0.2, 0.25) is 0 Å². The number of nitrogens with zero attached hydrogens (tertiary/aromatic N) is 1. The van der Waals surface area contributed by atoms with Crippen LogP contribution in [0.15, 0.2) is 52.4 Å². The number of halogens is 1. The zero-order valence-corrected chi connectivity index (χ0v) is 11.3. The molecule has 0 radical (unpaired) electrons. The second kappa shape index (κ2) is 3.85. The largest absolute Gasteiger partial charge is 0.399 e. The van der Waals surface area contributed by atoms with E-state index in [-0.39, 0.29) is 7.66 Å². The molecule has 2 nitrogen and oxygen atoms in total. The lowest BCUT2D eigenvalue weighted by Gasteiger charge is -2.11. The lowest BCUT2D eigenvalue weighted by molar-refractivity contribution is 1.25. The Kier molecular flexibility index (Phi) is 2.48. The van der Waals surface area contributed by atoms with Crippen LogP contribution in [0.4, 0.5) is 11.4 Å². The Morgan fingerprint density at radius 2 is 1.94 bits per heavy atom. The van der Waals surface area contributed by atoms with Gasteiger partial charge in [0.05, 0.1) is 11.0 Å². The minimum absolute atomic E-state index is 0.0459. The molecule has 2 aromatic rings. The SMILES string of the molecule is Nc1ccc2c(c1)S(I)=c1ccccc1=N2. The van der Waals surface area contributed by atoms with Crippen LogP contribution < -0.4 is 11.1 Å². The highest BCUT2D eigenvalue weighted by atomic mass is 127. The summed E-state index contributed by atoms with van der Waals surface area (Å²) >= 11 is 2.47. The van der Waals surface area contributed by atoms with Gasteiger partial charge in [0.25, 0.3) is 0 Å².